The molecule has 0 aromatic heterocycles. The van der Waals surface area contributed by atoms with E-state index < -0.39 is 0 Å². The van der Waals surface area contributed by atoms with Crippen molar-refractivity contribution in [2.24, 2.45) is 0 Å². The number of hydrogen-bond acceptors (Lipinski definition) is 3. The molecule has 2 rings (SSSR count). The van der Waals surface area contributed by atoms with Gasteiger partial charge in [-0.05, 0) is 7.05 Å². The predicted octanol–water partition coefficient (Wildman–Crippen LogP) is -0.711. The molecule has 0 amide bonds. The largest absolute Gasteiger partial charge is 0.374 e. The van der Waals surface area contributed by atoms with E-state index in [0.717, 1.165) is 26.2 Å². The van der Waals surface area contributed by atoms with Crippen molar-refractivity contribution in [3.63, 3.8) is 0 Å². The molecule has 0 aliphatic carbocycles. The molecule has 10 heavy (non-hydrogen) atoms. The van der Waals surface area contributed by atoms with Gasteiger partial charge in [0, 0.05) is 25.7 Å². The Morgan fingerprint density at radius 1 is 1.50 bits per heavy atom. The van der Waals surface area contributed by atoms with E-state index in [0.29, 0.717) is 12.1 Å². The number of likely N-dealkylation sites (tertiary alicyclic amines) is 1. The van der Waals surface area contributed by atoms with Gasteiger partial charge in [-0.3, -0.25) is 0 Å². The van der Waals surface area contributed by atoms with Crippen LogP contribution in [-0.2, 0) is 4.74 Å². The van der Waals surface area contributed by atoms with Gasteiger partial charge in [0.2, 0.25) is 0 Å². The van der Waals surface area contributed by atoms with Crippen LogP contribution in [0.2, 0.25) is 0 Å². The molecule has 3 heteroatoms. The Morgan fingerprint density at radius 3 is 3.20 bits per heavy atom. The van der Waals surface area contributed by atoms with Crippen molar-refractivity contribution in [2.75, 3.05) is 33.3 Å². The zero-order valence-electron chi connectivity index (χ0n) is 6.34. The van der Waals surface area contributed by atoms with E-state index in [1.54, 1.807) is 0 Å². The van der Waals surface area contributed by atoms with E-state index >= 15 is 0 Å². The van der Waals surface area contributed by atoms with Crippen molar-refractivity contribution in [1.82, 2.24) is 10.2 Å². The van der Waals surface area contributed by atoms with Crippen LogP contribution < -0.4 is 5.32 Å². The number of morpholine rings is 1. The molecular formula is C7H14N2O. The number of likely N-dealkylation sites (N-methyl/N-ethyl adjacent to an activating group) is 1. The minimum atomic E-state index is 0.457. The SMILES string of the molecule is CN1CC2NCCOC2C1. The first kappa shape index (κ1) is 6.58. The third-order valence-electron chi connectivity index (χ3n) is 2.29. The zero-order chi connectivity index (χ0) is 6.97. The van der Waals surface area contributed by atoms with Gasteiger partial charge in [-0.2, -0.15) is 0 Å². The van der Waals surface area contributed by atoms with E-state index in [2.05, 4.69) is 17.3 Å². The van der Waals surface area contributed by atoms with Gasteiger partial charge in [-0.25, -0.2) is 0 Å². The summed E-state index contributed by atoms with van der Waals surface area (Å²) in [6.45, 7) is 4.15. The Hall–Kier alpha value is -0.120. The molecule has 2 heterocycles. The van der Waals surface area contributed by atoms with Gasteiger partial charge >= 0.3 is 0 Å². The first-order chi connectivity index (χ1) is 4.86. The van der Waals surface area contributed by atoms with Crippen LogP contribution in [0.25, 0.3) is 0 Å². The summed E-state index contributed by atoms with van der Waals surface area (Å²) < 4.78 is 5.57. The van der Waals surface area contributed by atoms with E-state index in [9.17, 15) is 0 Å². The van der Waals surface area contributed by atoms with Gasteiger partial charge in [-0.1, -0.05) is 0 Å². The summed E-state index contributed by atoms with van der Waals surface area (Å²) in [6.07, 6.45) is 0.457. The van der Waals surface area contributed by atoms with Gasteiger partial charge < -0.3 is 15.0 Å². The molecule has 0 saturated carbocycles. The van der Waals surface area contributed by atoms with Crippen LogP contribution in [0, 0.1) is 0 Å². The van der Waals surface area contributed by atoms with Gasteiger partial charge in [0.25, 0.3) is 0 Å². The number of ether oxygens (including phenoxy) is 1. The summed E-state index contributed by atoms with van der Waals surface area (Å²) in [5.41, 5.74) is 0. The molecule has 2 atom stereocenters. The van der Waals surface area contributed by atoms with Crippen molar-refractivity contribution in [1.29, 1.82) is 0 Å². The molecule has 0 aromatic rings. The number of nitrogens with zero attached hydrogens (tertiary/aromatic N) is 1. The van der Waals surface area contributed by atoms with Crippen LogP contribution >= 0.6 is 0 Å². The molecule has 2 aliphatic rings. The molecular weight excluding hydrogens is 128 g/mol. The monoisotopic (exact) mass is 142 g/mol. The average Bonchev–Trinajstić information content (AvgIpc) is 2.27. The van der Waals surface area contributed by atoms with Gasteiger partial charge in [0.15, 0.2) is 0 Å². The lowest BCUT2D eigenvalue weighted by molar-refractivity contribution is 0.0184. The fourth-order valence-corrected chi connectivity index (χ4v) is 1.78. The molecule has 0 bridgehead atoms. The molecule has 0 aromatic carbocycles. The van der Waals surface area contributed by atoms with Crippen LogP contribution in [0.15, 0.2) is 0 Å². The summed E-state index contributed by atoms with van der Waals surface area (Å²) in [4.78, 5) is 2.31. The van der Waals surface area contributed by atoms with Gasteiger partial charge in [0.05, 0.1) is 12.7 Å². The van der Waals surface area contributed by atoms with Crippen LogP contribution in [0.3, 0.4) is 0 Å². The smallest absolute Gasteiger partial charge is 0.0867 e. The molecule has 3 nitrogen and oxygen atoms in total. The fraction of sp³-hybridized carbons (Fsp3) is 1.00. The first-order valence-corrected chi connectivity index (χ1v) is 3.90. The lowest BCUT2D eigenvalue weighted by Gasteiger charge is -2.25. The molecule has 0 spiro atoms. The molecule has 2 unspecified atom stereocenters. The van der Waals surface area contributed by atoms with Crippen molar-refractivity contribution < 1.29 is 4.74 Å². The standard InChI is InChI=1S/C7H14N2O/c1-9-4-6-7(5-9)10-3-2-8-6/h6-8H,2-5H2,1H3. The molecule has 1 N–H and O–H groups in total. The highest BCUT2D eigenvalue weighted by Crippen LogP contribution is 2.13. The van der Waals surface area contributed by atoms with E-state index in [4.69, 9.17) is 4.74 Å². The van der Waals surface area contributed by atoms with Crippen molar-refractivity contribution in [3.05, 3.63) is 0 Å². The first-order valence-electron chi connectivity index (χ1n) is 3.90. The number of nitrogens with one attached hydrogen (secondary N) is 1. The van der Waals surface area contributed by atoms with Crippen molar-refractivity contribution in [2.45, 2.75) is 12.1 Å². The highest BCUT2D eigenvalue weighted by atomic mass is 16.5. The number of rotatable bonds is 0. The molecule has 58 valence electrons. The van der Waals surface area contributed by atoms with E-state index in [-0.39, 0.29) is 0 Å². The highest BCUT2D eigenvalue weighted by Gasteiger charge is 2.33. The maximum atomic E-state index is 5.57. The van der Waals surface area contributed by atoms with E-state index in [1.165, 1.54) is 0 Å². The molecule has 2 fully saturated rings. The Bertz CT molecular complexity index is 115. The average molecular weight is 142 g/mol. The van der Waals surface area contributed by atoms with Crippen molar-refractivity contribution >= 4 is 0 Å². The summed E-state index contributed by atoms with van der Waals surface area (Å²) in [5, 5.41) is 3.44. The quantitative estimate of drug-likeness (QED) is 0.483. The van der Waals surface area contributed by atoms with E-state index in [1.807, 2.05) is 0 Å². The lowest BCUT2D eigenvalue weighted by atomic mass is 10.2. The Kier molecular flexibility index (Phi) is 1.64. The zero-order valence-corrected chi connectivity index (χ0v) is 6.34. The maximum absolute atomic E-state index is 5.57. The Morgan fingerprint density at radius 2 is 2.40 bits per heavy atom. The minimum absolute atomic E-state index is 0.457. The van der Waals surface area contributed by atoms with Crippen LogP contribution in [0.1, 0.15) is 0 Å². The van der Waals surface area contributed by atoms with Crippen LogP contribution in [-0.4, -0.2) is 50.3 Å². The second kappa shape index (κ2) is 2.49. The molecule has 2 aliphatic heterocycles. The van der Waals surface area contributed by atoms with Crippen molar-refractivity contribution in [3.8, 4) is 0 Å². The van der Waals surface area contributed by atoms with Gasteiger partial charge in [-0.15, -0.1) is 0 Å². The Labute approximate surface area is 61.3 Å². The Balaban J connectivity index is 1.97. The third kappa shape index (κ3) is 1.05. The summed E-state index contributed by atoms with van der Waals surface area (Å²) in [5.74, 6) is 0. The third-order valence-corrected chi connectivity index (χ3v) is 2.29. The number of hydrogen-bond donors (Lipinski definition) is 1. The normalized spacial score (nSPS) is 41.7. The van der Waals surface area contributed by atoms with Crippen LogP contribution in [0.5, 0.6) is 0 Å². The van der Waals surface area contributed by atoms with Crippen LogP contribution in [0.4, 0.5) is 0 Å². The second-order valence-corrected chi connectivity index (χ2v) is 3.19. The topological polar surface area (TPSA) is 24.5 Å². The summed E-state index contributed by atoms with van der Waals surface area (Å²) in [7, 11) is 2.14. The summed E-state index contributed by atoms with van der Waals surface area (Å²) in [6, 6.07) is 0.596. The molecule has 0 radical (unpaired) electrons. The minimum Gasteiger partial charge on any atom is -0.374 e. The number of fused-ring (bicyclic) bond motifs is 1. The second-order valence-electron chi connectivity index (χ2n) is 3.19. The maximum Gasteiger partial charge on any atom is 0.0867 e. The fourth-order valence-electron chi connectivity index (χ4n) is 1.78. The lowest BCUT2D eigenvalue weighted by Crippen LogP contribution is -2.47. The van der Waals surface area contributed by atoms with Gasteiger partial charge in [0.1, 0.15) is 0 Å². The predicted molar refractivity (Wildman–Crippen MR) is 39.0 cm³/mol. The summed E-state index contributed by atoms with van der Waals surface area (Å²) >= 11 is 0. The highest BCUT2D eigenvalue weighted by molar-refractivity contribution is 4.90. The molecule has 2 saturated heterocycles.